The molecule has 0 unspecified atom stereocenters. The maximum atomic E-state index is 12.6. The lowest BCUT2D eigenvalue weighted by molar-refractivity contribution is -0.274. The predicted molar refractivity (Wildman–Crippen MR) is 133 cm³/mol. The summed E-state index contributed by atoms with van der Waals surface area (Å²) in [5, 5.41) is 15.7. The van der Waals surface area contributed by atoms with Crippen molar-refractivity contribution in [1.82, 2.24) is 4.98 Å². The quantitative estimate of drug-likeness (QED) is 0.129. The smallest absolute Gasteiger partial charge is 0.409 e. The minimum atomic E-state index is -4.76. The van der Waals surface area contributed by atoms with Crippen LogP contribution in [0.2, 0.25) is 0 Å². The van der Waals surface area contributed by atoms with Crippen LogP contribution in [-0.4, -0.2) is 22.4 Å². The van der Waals surface area contributed by atoms with Gasteiger partial charge >= 0.3 is 6.36 Å². The molecule has 1 fully saturated rings. The van der Waals surface area contributed by atoms with E-state index >= 15 is 0 Å². The minimum Gasteiger partial charge on any atom is -0.409 e. The van der Waals surface area contributed by atoms with E-state index in [0.29, 0.717) is 28.6 Å². The average Bonchev–Trinajstić information content (AvgIpc) is 3.73. The van der Waals surface area contributed by atoms with Crippen LogP contribution in [0.25, 0.3) is 10.8 Å². The fourth-order valence-corrected chi connectivity index (χ4v) is 4.13. The van der Waals surface area contributed by atoms with Crippen molar-refractivity contribution in [1.29, 1.82) is 0 Å². The van der Waals surface area contributed by atoms with Gasteiger partial charge in [0.2, 0.25) is 0 Å². The molecule has 3 N–H and O–H groups in total. The number of hydrogen-bond donors (Lipinski definition) is 2. The first-order chi connectivity index (χ1) is 17.8. The molecular weight excluding hydrogens is 485 g/mol. The Morgan fingerprint density at radius 3 is 2.32 bits per heavy atom. The summed E-state index contributed by atoms with van der Waals surface area (Å²) in [5.74, 6) is 1.12. The van der Waals surface area contributed by atoms with Crippen LogP contribution in [0.4, 0.5) is 19.0 Å². The van der Waals surface area contributed by atoms with Crippen molar-refractivity contribution in [2.24, 2.45) is 10.9 Å². The lowest BCUT2D eigenvalue weighted by atomic mass is 10.0. The zero-order valence-corrected chi connectivity index (χ0v) is 19.5. The first-order valence-electron chi connectivity index (χ1n) is 11.6. The maximum absolute atomic E-state index is 12.6. The van der Waals surface area contributed by atoms with Crippen LogP contribution in [0.1, 0.15) is 35.4 Å². The van der Waals surface area contributed by atoms with Crippen molar-refractivity contribution in [3.63, 3.8) is 0 Å². The molecule has 1 saturated carbocycles. The molecule has 0 saturated heterocycles. The number of alkyl halides is 3. The lowest BCUT2D eigenvalue weighted by Gasteiger charge is -2.26. The van der Waals surface area contributed by atoms with Crippen molar-refractivity contribution in [2.75, 3.05) is 5.06 Å². The third-order valence-corrected chi connectivity index (χ3v) is 6.00. The average molecular weight is 509 g/mol. The van der Waals surface area contributed by atoms with Gasteiger partial charge in [-0.1, -0.05) is 41.6 Å². The summed E-state index contributed by atoms with van der Waals surface area (Å²) >= 11 is 0. The van der Waals surface area contributed by atoms with E-state index < -0.39 is 6.36 Å². The highest BCUT2D eigenvalue weighted by molar-refractivity contribution is 5.97. The minimum absolute atomic E-state index is 0.0308. The van der Waals surface area contributed by atoms with Gasteiger partial charge in [0.1, 0.15) is 5.75 Å². The maximum Gasteiger partial charge on any atom is 0.573 e. The largest absolute Gasteiger partial charge is 0.573 e. The van der Waals surface area contributed by atoms with Crippen LogP contribution < -0.4 is 20.4 Å². The Morgan fingerprint density at radius 2 is 1.68 bits per heavy atom. The second-order valence-corrected chi connectivity index (χ2v) is 8.69. The van der Waals surface area contributed by atoms with E-state index in [1.54, 1.807) is 47.7 Å². The van der Waals surface area contributed by atoms with Crippen molar-refractivity contribution in [3.05, 3.63) is 95.7 Å². The summed E-state index contributed by atoms with van der Waals surface area (Å²) in [5.41, 5.74) is 7.94. The number of hydroxylamine groups is 1. The molecular formula is C27H23F3N4O3. The summed E-state index contributed by atoms with van der Waals surface area (Å²) in [6, 6.07) is 20.3. The van der Waals surface area contributed by atoms with Gasteiger partial charge in [0.15, 0.2) is 17.4 Å². The van der Waals surface area contributed by atoms with Gasteiger partial charge in [0, 0.05) is 22.7 Å². The molecule has 5 rings (SSSR count). The van der Waals surface area contributed by atoms with Crippen LogP contribution >= 0.6 is 0 Å². The number of rotatable bonds is 8. The highest BCUT2D eigenvalue weighted by Crippen LogP contribution is 2.47. The number of benzene rings is 3. The Kier molecular flexibility index (Phi) is 6.47. The molecule has 190 valence electrons. The number of nitrogens with two attached hydrogens (primary N) is 1. The number of hydrogen-bond acceptors (Lipinski definition) is 6. The van der Waals surface area contributed by atoms with E-state index in [9.17, 15) is 13.2 Å². The monoisotopic (exact) mass is 508 g/mol. The molecule has 7 nitrogen and oxygen atoms in total. The second kappa shape index (κ2) is 9.88. The first-order valence-corrected chi connectivity index (χ1v) is 11.6. The van der Waals surface area contributed by atoms with Crippen molar-refractivity contribution < 1.29 is 28.0 Å². The SMILES string of the molecule is N/C(=N\O)c1ccc(ON(Cc2ccc(OC(F)(F)F)cc2)c2ncc3ccccc3c2C2CC2)cc1. The molecule has 0 atom stereocenters. The highest BCUT2D eigenvalue weighted by Gasteiger charge is 2.32. The molecule has 1 heterocycles. The van der Waals surface area contributed by atoms with E-state index in [2.05, 4.69) is 16.0 Å². The molecule has 0 aliphatic heterocycles. The van der Waals surface area contributed by atoms with Crippen LogP contribution in [0, 0.1) is 0 Å². The van der Waals surface area contributed by atoms with Gasteiger partial charge in [0.25, 0.3) is 0 Å². The van der Waals surface area contributed by atoms with E-state index in [1.165, 1.54) is 12.1 Å². The number of amidine groups is 1. The van der Waals surface area contributed by atoms with Gasteiger partial charge in [-0.15, -0.1) is 13.2 Å². The molecule has 1 aliphatic carbocycles. The van der Waals surface area contributed by atoms with Crippen molar-refractivity contribution >= 4 is 22.4 Å². The number of pyridine rings is 1. The van der Waals surface area contributed by atoms with Crippen molar-refractivity contribution in [3.8, 4) is 11.5 Å². The summed E-state index contributed by atoms with van der Waals surface area (Å²) < 4.78 is 41.7. The van der Waals surface area contributed by atoms with Gasteiger partial charge in [-0.3, -0.25) is 0 Å². The molecule has 4 aromatic rings. The summed E-state index contributed by atoms with van der Waals surface area (Å²) in [7, 11) is 0. The Labute approximate surface area is 210 Å². The molecule has 0 bridgehead atoms. The summed E-state index contributed by atoms with van der Waals surface area (Å²) in [6.45, 7) is 0.208. The van der Waals surface area contributed by atoms with E-state index in [1.807, 2.05) is 18.2 Å². The Balaban J connectivity index is 1.51. The van der Waals surface area contributed by atoms with Gasteiger partial charge in [-0.2, -0.15) is 5.06 Å². The molecule has 1 aliphatic rings. The third kappa shape index (κ3) is 5.69. The number of halogens is 3. The number of fused-ring (bicyclic) bond motifs is 1. The third-order valence-electron chi connectivity index (χ3n) is 6.00. The number of ether oxygens (including phenoxy) is 1. The lowest BCUT2D eigenvalue weighted by Crippen LogP contribution is -2.29. The summed E-state index contributed by atoms with van der Waals surface area (Å²) in [4.78, 5) is 11.0. The zero-order chi connectivity index (χ0) is 26.0. The molecule has 0 amide bonds. The van der Waals surface area contributed by atoms with E-state index in [0.717, 1.165) is 29.2 Å². The predicted octanol–water partition coefficient (Wildman–Crippen LogP) is 6.11. The topological polar surface area (TPSA) is 93.2 Å². The zero-order valence-electron chi connectivity index (χ0n) is 19.5. The van der Waals surface area contributed by atoms with E-state index in [-0.39, 0.29) is 18.1 Å². The molecule has 0 radical (unpaired) electrons. The number of oxime groups is 1. The molecule has 0 spiro atoms. The molecule has 3 aromatic carbocycles. The standard InChI is InChI=1S/C27H23F3N4O3/c28-27(29,30)36-21-11-5-17(6-12-21)16-34(37-22-13-9-19(10-14-22)25(31)33-35)26-24(18-7-8-18)23-4-2-1-3-20(23)15-32-26/h1-6,9-15,18,35H,7-8,16H2,(H2,31,33). The van der Waals surface area contributed by atoms with Crippen LogP contribution in [0.3, 0.4) is 0 Å². The fourth-order valence-electron chi connectivity index (χ4n) is 4.13. The van der Waals surface area contributed by atoms with E-state index in [4.69, 9.17) is 20.8 Å². The first kappa shape index (κ1) is 24.2. The number of aromatic nitrogens is 1. The number of anilines is 1. The van der Waals surface area contributed by atoms with Gasteiger partial charge in [0.05, 0.1) is 6.54 Å². The Morgan fingerprint density at radius 1 is 1.00 bits per heavy atom. The fraction of sp³-hybridized carbons (Fsp3) is 0.185. The Bertz CT molecular complexity index is 1420. The van der Waals surface area contributed by atoms with Gasteiger partial charge in [-0.25, -0.2) is 4.98 Å². The van der Waals surface area contributed by atoms with Crippen molar-refractivity contribution in [2.45, 2.75) is 31.7 Å². The summed E-state index contributed by atoms with van der Waals surface area (Å²) in [6.07, 6.45) is -0.904. The Hall–Kier alpha value is -4.47. The van der Waals surface area contributed by atoms with Gasteiger partial charge < -0.3 is 20.5 Å². The van der Waals surface area contributed by atoms with Crippen LogP contribution in [0.15, 0.2) is 84.1 Å². The normalized spacial score (nSPS) is 14.0. The van der Waals surface area contributed by atoms with Crippen LogP contribution in [-0.2, 0) is 6.54 Å². The van der Waals surface area contributed by atoms with Gasteiger partial charge in [-0.05, 0) is 66.1 Å². The van der Waals surface area contributed by atoms with Crippen LogP contribution in [0.5, 0.6) is 11.5 Å². The second-order valence-electron chi connectivity index (χ2n) is 8.69. The highest BCUT2D eigenvalue weighted by atomic mass is 19.4. The molecule has 10 heteroatoms. The molecule has 37 heavy (non-hydrogen) atoms. The number of nitrogens with zero attached hydrogens (tertiary/aromatic N) is 3. The molecule has 1 aromatic heterocycles.